The number of nitrogens with zero attached hydrogens (tertiary/aromatic N) is 1. The van der Waals surface area contributed by atoms with Gasteiger partial charge in [-0.1, -0.05) is 23.2 Å². The normalized spacial score (nSPS) is 17.9. The number of amides is 2. The van der Waals surface area contributed by atoms with E-state index in [-0.39, 0.29) is 24.2 Å². The second kappa shape index (κ2) is 7.81. The number of halogens is 2. The van der Waals surface area contributed by atoms with Crippen LogP contribution in [0.25, 0.3) is 0 Å². The number of hydrogen-bond acceptors (Lipinski definition) is 3. The zero-order chi connectivity index (χ0) is 16.1. The third kappa shape index (κ3) is 4.35. The Morgan fingerprint density at radius 3 is 2.68 bits per heavy atom. The lowest BCUT2D eigenvalue weighted by molar-refractivity contribution is -0.126. The van der Waals surface area contributed by atoms with Gasteiger partial charge in [-0.2, -0.15) is 0 Å². The smallest absolute Gasteiger partial charge is 0.227 e. The van der Waals surface area contributed by atoms with Crippen molar-refractivity contribution in [3.05, 3.63) is 28.2 Å². The maximum absolute atomic E-state index is 12.1. The quantitative estimate of drug-likeness (QED) is 0.806. The average Bonchev–Trinajstić information content (AvgIpc) is 2.84. The third-order valence-corrected chi connectivity index (χ3v) is 3.92. The van der Waals surface area contributed by atoms with E-state index in [2.05, 4.69) is 5.32 Å². The van der Waals surface area contributed by atoms with E-state index in [0.717, 1.165) is 6.42 Å². The predicted molar refractivity (Wildman–Crippen MR) is 86.4 cm³/mol. The van der Waals surface area contributed by atoms with Gasteiger partial charge in [0.25, 0.3) is 0 Å². The molecule has 22 heavy (non-hydrogen) atoms. The second-order valence-corrected chi connectivity index (χ2v) is 6.04. The van der Waals surface area contributed by atoms with Crippen molar-refractivity contribution in [2.75, 3.05) is 31.7 Å². The molecule has 0 aliphatic carbocycles. The van der Waals surface area contributed by atoms with Crippen LogP contribution in [-0.4, -0.2) is 38.6 Å². The summed E-state index contributed by atoms with van der Waals surface area (Å²) in [5.74, 6) is -0.566. The van der Waals surface area contributed by atoms with Gasteiger partial charge >= 0.3 is 0 Å². The number of methoxy groups -OCH3 is 1. The van der Waals surface area contributed by atoms with Crippen molar-refractivity contribution < 1.29 is 14.3 Å². The molecular formula is C15H18Cl2N2O3. The maximum atomic E-state index is 12.1. The van der Waals surface area contributed by atoms with E-state index in [1.807, 2.05) is 0 Å². The fourth-order valence-electron chi connectivity index (χ4n) is 2.40. The summed E-state index contributed by atoms with van der Waals surface area (Å²) in [6.07, 6.45) is 0.941. The highest BCUT2D eigenvalue weighted by molar-refractivity contribution is 6.35. The van der Waals surface area contributed by atoms with Gasteiger partial charge in [0.15, 0.2) is 0 Å². The molecular weight excluding hydrogens is 327 g/mol. The van der Waals surface area contributed by atoms with Crippen LogP contribution in [0.4, 0.5) is 5.69 Å². The van der Waals surface area contributed by atoms with Gasteiger partial charge in [-0.25, -0.2) is 0 Å². The van der Waals surface area contributed by atoms with E-state index < -0.39 is 0 Å². The summed E-state index contributed by atoms with van der Waals surface area (Å²) in [7, 11) is 1.62. The van der Waals surface area contributed by atoms with Gasteiger partial charge in [-0.15, -0.1) is 0 Å². The van der Waals surface area contributed by atoms with Crippen molar-refractivity contribution in [1.82, 2.24) is 5.32 Å². The number of hydrogen-bond donors (Lipinski definition) is 1. The first kappa shape index (κ1) is 17.1. The summed E-state index contributed by atoms with van der Waals surface area (Å²) in [6, 6.07) is 4.95. The molecule has 1 heterocycles. The molecule has 1 aliphatic rings. The van der Waals surface area contributed by atoms with Gasteiger partial charge in [-0.3, -0.25) is 9.59 Å². The SMILES string of the molecule is COCCCNC(=O)C1CC(=O)N(c2cc(Cl)cc(Cl)c2)C1. The summed E-state index contributed by atoms with van der Waals surface area (Å²) >= 11 is 11.9. The molecule has 2 amide bonds. The fourth-order valence-corrected chi connectivity index (χ4v) is 2.91. The molecule has 120 valence electrons. The maximum Gasteiger partial charge on any atom is 0.227 e. The molecule has 1 unspecified atom stereocenters. The molecule has 7 heteroatoms. The molecule has 1 aromatic carbocycles. The van der Waals surface area contributed by atoms with Crippen molar-refractivity contribution >= 4 is 40.7 Å². The number of nitrogens with one attached hydrogen (secondary N) is 1. The standard InChI is InChI=1S/C15H18Cl2N2O3/c1-22-4-2-3-18-15(21)10-5-14(20)19(9-10)13-7-11(16)6-12(17)8-13/h6-8,10H,2-5,9H2,1H3,(H,18,21). The van der Waals surface area contributed by atoms with Crippen LogP contribution in [0.5, 0.6) is 0 Å². The van der Waals surface area contributed by atoms with Crippen molar-refractivity contribution in [2.24, 2.45) is 5.92 Å². The largest absolute Gasteiger partial charge is 0.385 e. The second-order valence-electron chi connectivity index (χ2n) is 5.17. The number of anilines is 1. The van der Waals surface area contributed by atoms with Gasteiger partial charge in [0, 0.05) is 49.0 Å². The Kier molecular flexibility index (Phi) is 6.06. The number of benzene rings is 1. The molecule has 0 aromatic heterocycles. The highest BCUT2D eigenvalue weighted by Gasteiger charge is 2.35. The first-order valence-corrected chi connectivity index (χ1v) is 7.80. The Morgan fingerprint density at radius 1 is 1.36 bits per heavy atom. The number of rotatable bonds is 6. The lowest BCUT2D eigenvalue weighted by Gasteiger charge is -2.17. The number of carbonyl (C=O) groups is 2. The molecule has 0 saturated carbocycles. The van der Waals surface area contributed by atoms with Crippen LogP contribution in [0.15, 0.2) is 18.2 Å². The summed E-state index contributed by atoms with van der Waals surface area (Å²) in [5.41, 5.74) is 0.622. The minimum Gasteiger partial charge on any atom is -0.385 e. The Bertz CT molecular complexity index is 545. The van der Waals surface area contributed by atoms with E-state index in [1.165, 1.54) is 0 Å². The molecule has 2 rings (SSSR count). The minimum atomic E-state index is -0.354. The third-order valence-electron chi connectivity index (χ3n) is 3.48. The molecule has 1 aliphatic heterocycles. The highest BCUT2D eigenvalue weighted by atomic mass is 35.5. The summed E-state index contributed by atoms with van der Waals surface area (Å²) in [5, 5.41) is 3.75. The predicted octanol–water partition coefficient (Wildman–Crippen LogP) is 2.50. The molecule has 5 nitrogen and oxygen atoms in total. The van der Waals surface area contributed by atoms with E-state index in [9.17, 15) is 9.59 Å². The van der Waals surface area contributed by atoms with Crippen LogP contribution in [0.2, 0.25) is 10.0 Å². The zero-order valence-corrected chi connectivity index (χ0v) is 13.8. The summed E-state index contributed by atoms with van der Waals surface area (Å²) in [6.45, 7) is 1.48. The van der Waals surface area contributed by atoms with Crippen LogP contribution >= 0.6 is 23.2 Å². The Morgan fingerprint density at radius 2 is 2.05 bits per heavy atom. The molecule has 1 N–H and O–H groups in total. The lowest BCUT2D eigenvalue weighted by Crippen LogP contribution is -2.33. The zero-order valence-electron chi connectivity index (χ0n) is 12.3. The van der Waals surface area contributed by atoms with Crippen LogP contribution < -0.4 is 10.2 Å². The van der Waals surface area contributed by atoms with Gasteiger partial charge < -0.3 is 15.0 Å². The summed E-state index contributed by atoms with van der Waals surface area (Å²) in [4.78, 5) is 25.8. The highest BCUT2D eigenvalue weighted by Crippen LogP contribution is 2.30. The van der Waals surface area contributed by atoms with Crippen molar-refractivity contribution in [3.8, 4) is 0 Å². The number of carbonyl (C=O) groups excluding carboxylic acids is 2. The van der Waals surface area contributed by atoms with Crippen molar-refractivity contribution in [1.29, 1.82) is 0 Å². The van der Waals surface area contributed by atoms with Crippen LogP contribution in [-0.2, 0) is 14.3 Å². The molecule has 0 radical (unpaired) electrons. The van der Waals surface area contributed by atoms with Gasteiger partial charge in [0.2, 0.25) is 11.8 Å². The van der Waals surface area contributed by atoms with Gasteiger partial charge in [0.05, 0.1) is 5.92 Å². The van der Waals surface area contributed by atoms with E-state index in [1.54, 1.807) is 30.2 Å². The molecule has 1 saturated heterocycles. The molecule has 1 fully saturated rings. The van der Waals surface area contributed by atoms with Crippen molar-refractivity contribution in [2.45, 2.75) is 12.8 Å². The first-order valence-electron chi connectivity index (χ1n) is 7.04. The molecule has 1 aromatic rings. The molecule has 1 atom stereocenters. The summed E-state index contributed by atoms with van der Waals surface area (Å²) < 4.78 is 4.92. The van der Waals surface area contributed by atoms with Crippen LogP contribution in [0.3, 0.4) is 0 Å². The molecule has 0 bridgehead atoms. The first-order chi connectivity index (χ1) is 10.5. The average molecular weight is 345 g/mol. The Labute approximate surface area is 139 Å². The fraction of sp³-hybridized carbons (Fsp3) is 0.467. The van der Waals surface area contributed by atoms with E-state index in [4.69, 9.17) is 27.9 Å². The molecule has 0 spiro atoms. The monoisotopic (exact) mass is 344 g/mol. The van der Waals surface area contributed by atoms with Crippen LogP contribution in [0, 0.1) is 5.92 Å². The van der Waals surface area contributed by atoms with E-state index in [0.29, 0.717) is 35.4 Å². The van der Waals surface area contributed by atoms with Crippen LogP contribution in [0.1, 0.15) is 12.8 Å². The number of ether oxygens (including phenoxy) is 1. The Hall–Kier alpha value is -1.30. The van der Waals surface area contributed by atoms with Crippen molar-refractivity contribution in [3.63, 3.8) is 0 Å². The van der Waals surface area contributed by atoms with Gasteiger partial charge in [-0.05, 0) is 24.6 Å². The Balaban J connectivity index is 1.97. The topological polar surface area (TPSA) is 58.6 Å². The lowest BCUT2D eigenvalue weighted by atomic mass is 10.1. The van der Waals surface area contributed by atoms with E-state index >= 15 is 0 Å². The minimum absolute atomic E-state index is 0.102. The van der Waals surface area contributed by atoms with Gasteiger partial charge in [0.1, 0.15) is 0 Å².